The minimum absolute atomic E-state index is 0.0852. The second-order valence-corrected chi connectivity index (χ2v) is 5.55. The number of anilines is 3. The zero-order chi connectivity index (χ0) is 19.6. The number of hydrogen-bond acceptors (Lipinski definition) is 4. The smallest absolute Gasteiger partial charge is 0.274 e. The molecule has 0 spiro atoms. The van der Waals surface area contributed by atoms with Crippen LogP contribution in [0.1, 0.15) is 16.2 Å². The van der Waals surface area contributed by atoms with Crippen molar-refractivity contribution in [3.8, 4) is 0 Å². The summed E-state index contributed by atoms with van der Waals surface area (Å²) in [6, 6.07) is 6.92. The lowest BCUT2D eigenvalue weighted by Crippen LogP contribution is -2.16. The molecule has 0 aliphatic carbocycles. The average Bonchev–Trinajstić information content (AvgIpc) is 2.59. The maximum Gasteiger partial charge on any atom is 0.274 e. The van der Waals surface area contributed by atoms with E-state index in [0.29, 0.717) is 17.8 Å². The zero-order valence-corrected chi connectivity index (χ0v) is 13.9. The Balaban J connectivity index is 1.85. The summed E-state index contributed by atoms with van der Waals surface area (Å²) in [6.07, 6.45) is 0. The maximum absolute atomic E-state index is 13.8. The summed E-state index contributed by atoms with van der Waals surface area (Å²) < 4.78 is 53.3. The molecular formula is C18H12F4N4O. The van der Waals surface area contributed by atoms with Crippen LogP contribution in [-0.2, 0) is 0 Å². The summed E-state index contributed by atoms with van der Waals surface area (Å²) in [7, 11) is 0. The summed E-state index contributed by atoms with van der Waals surface area (Å²) in [6.45, 7) is 1.57. The number of carbonyl (C=O) groups is 1. The monoisotopic (exact) mass is 376 g/mol. The Labute approximate surface area is 151 Å². The summed E-state index contributed by atoms with van der Waals surface area (Å²) in [5, 5.41) is 4.82. The molecule has 1 heterocycles. The molecule has 0 atom stereocenters. The topological polar surface area (TPSA) is 66.9 Å². The van der Waals surface area contributed by atoms with Crippen LogP contribution in [0.5, 0.6) is 0 Å². The second-order valence-electron chi connectivity index (χ2n) is 5.55. The molecule has 2 N–H and O–H groups in total. The number of rotatable bonds is 4. The van der Waals surface area contributed by atoms with Crippen LogP contribution in [0.15, 0.2) is 42.5 Å². The summed E-state index contributed by atoms with van der Waals surface area (Å²) in [4.78, 5) is 20.3. The highest BCUT2D eigenvalue weighted by molar-refractivity contribution is 6.03. The van der Waals surface area contributed by atoms with Crippen molar-refractivity contribution in [1.82, 2.24) is 9.97 Å². The predicted molar refractivity (Wildman–Crippen MR) is 90.7 cm³/mol. The minimum Gasteiger partial charge on any atom is -0.322 e. The van der Waals surface area contributed by atoms with Crippen LogP contribution in [0.25, 0.3) is 0 Å². The number of amides is 1. The van der Waals surface area contributed by atoms with Gasteiger partial charge < -0.3 is 10.6 Å². The first-order valence-corrected chi connectivity index (χ1v) is 7.66. The molecule has 0 aliphatic heterocycles. The largest absolute Gasteiger partial charge is 0.322 e. The fourth-order valence-electron chi connectivity index (χ4n) is 2.23. The van der Waals surface area contributed by atoms with Crippen LogP contribution in [0, 0.1) is 30.2 Å². The molecule has 5 nitrogen and oxygen atoms in total. The zero-order valence-electron chi connectivity index (χ0n) is 13.9. The van der Waals surface area contributed by atoms with E-state index in [1.165, 1.54) is 6.07 Å². The molecule has 0 saturated heterocycles. The van der Waals surface area contributed by atoms with Gasteiger partial charge in [-0.05, 0) is 37.3 Å². The van der Waals surface area contributed by atoms with Crippen molar-refractivity contribution < 1.29 is 22.4 Å². The first-order chi connectivity index (χ1) is 12.8. The van der Waals surface area contributed by atoms with Gasteiger partial charge in [0.05, 0.1) is 11.4 Å². The van der Waals surface area contributed by atoms with Gasteiger partial charge in [-0.1, -0.05) is 0 Å². The van der Waals surface area contributed by atoms with E-state index in [1.54, 1.807) is 6.92 Å². The van der Waals surface area contributed by atoms with Crippen molar-refractivity contribution in [3.63, 3.8) is 0 Å². The van der Waals surface area contributed by atoms with Crippen LogP contribution < -0.4 is 10.6 Å². The van der Waals surface area contributed by atoms with Crippen molar-refractivity contribution in [2.45, 2.75) is 6.92 Å². The van der Waals surface area contributed by atoms with Crippen LogP contribution in [-0.4, -0.2) is 15.9 Å². The number of benzene rings is 2. The molecule has 1 aromatic heterocycles. The van der Waals surface area contributed by atoms with E-state index < -0.39 is 29.2 Å². The molecule has 3 rings (SSSR count). The average molecular weight is 376 g/mol. The van der Waals surface area contributed by atoms with E-state index in [2.05, 4.69) is 20.6 Å². The fraction of sp³-hybridized carbons (Fsp3) is 0.0556. The van der Waals surface area contributed by atoms with E-state index in [-0.39, 0.29) is 23.0 Å². The quantitative estimate of drug-likeness (QED) is 0.665. The third-order valence-electron chi connectivity index (χ3n) is 3.44. The van der Waals surface area contributed by atoms with Crippen LogP contribution in [0.3, 0.4) is 0 Å². The molecule has 0 bridgehead atoms. The van der Waals surface area contributed by atoms with Gasteiger partial charge in [0, 0.05) is 17.8 Å². The van der Waals surface area contributed by atoms with Gasteiger partial charge in [0.25, 0.3) is 5.91 Å². The Morgan fingerprint density at radius 1 is 0.852 bits per heavy atom. The number of nitrogens with zero attached hydrogens (tertiary/aromatic N) is 2. The number of halogens is 4. The van der Waals surface area contributed by atoms with E-state index in [4.69, 9.17) is 0 Å². The molecule has 0 fully saturated rings. The summed E-state index contributed by atoms with van der Waals surface area (Å²) in [5.41, 5.74) is -0.0642. The third-order valence-corrected chi connectivity index (χ3v) is 3.44. The summed E-state index contributed by atoms with van der Waals surface area (Å²) in [5.74, 6) is -4.21. The van der Waals surface area contributed by atoms with Gasteiger partial charge in [-0.2, -0.15) is 0 Å². The van der Waals surface area contributed by atoms with Crippen molar-refractivity contribution in [3.05, 3.63) is 77.1 Å². The predicted octanol–water partition coefficient (Wildman–Crippen LogP) is 4.34. The Kier molecular flexibility index (Phi) is 5.02. The van der Waals surface area contributed by atoms with Gasteiger partial charge in [0.15, 0.2) is 0 Å². The molecule has 3 aromatic rings. The molecule has 0 unspecified atom stereocenters. The lowest BCUT2D eigenvalue weighted by Gasteiger charge is -2.10. The number of hydrogen-bond donors (Lipinski definition) is 2. The standard InChI is InChI=1S/C18H12F4N4O/c1-9-6-16(17(27)24-14-4-2-10(19)7-12(14)21)26-18(23-9)25-15-5-3-11(20)8-13(15)22/h2-8H,1H3,(H,24,27)(H,23,25,26). The van der Waals surface area contributed by atoms with E-state index in [1.807, 2.05) is 0 Å². The number of nitrogens with one attached hydrogen (secondary N) is 2. The van der Waals surface area contributed by atoms with Crippen molar-refractivity contribution in [1.29, 1.82) is 0 Å². The highest BCUT2D eigenvalue weighted by Crippen LogP contribution is 2.20. The number of aromatic nitrogens is 2. The van der Waals surface area contributed by atoms with Crippen LogP contribution in [0.2, 0.25) is 0 Å². The van der Waals surface area contributed by atoms with Gasteiger partial charge in [0.2, 0.25) is 5.95 Å². The highest BCUT2D eigenvalue weighted by Gasteiger charge is 2.14. The maximum atomic E-state index is 13.8. The molecule has 0 saturated carbocycles. The van der Waals surface area contributed by atoms with Gasteiger partial charge in [-0.3, -0.25) is 4.79 Å². The van der Waals surface area contributed by atoms with Gasteiger partial charge in [-0.25, -0.2) is 27.5 Å². The highest BCUT2D eigenvalue weighted by atomic mass is 19.1. The lowest BCUT2D eigenvalue weighted by atomic mass is 10.2. The Morgan fingerprint density at radius 3 is 2.04 bits per heavy atom. The normalized spacial score (nSPS) is 10.6. The Hall–Kier alpha value is -3.49. The molecule has 0 aliphatic rings. The summed E-state index contributed by atoms with van der Waals surface area (Å²) >= 11 is 0. The van der Waals surface area contributed by atoms with Gasteiger partial charge >= 0.3 is 0 Å². The molecule has 1 amide bonds. The SMILES string of the molecule is Cc1cc(C(=O)Nc2ccc(F)cc2F)nc(Nc2ccc(F)cc2F)n1. The second kappa shape index (κ2) is 7.40. The third kappa shape index (κ3) is 4.38. The van der Waals surface area contributed by atoms with E-state index in [9.17, 15) is 22.4 Å². The van der Waals surface area contributed by atoms with Gasteiger partial charge in [-0.15, -0.1) is 0 Å². The van der Waals surface area contributed by atoms with Crippen molar-refractivity contribution in [2.24, 2.45) is 0 Å². The Bertz CT molecular complexity index is 1030. The number of aryl methyl sites for hydroxylation is 1. The molecule has 2 aromatic carbocycles. The van der Waals surface area contributed by atoms with Crippen LogP contribution >= 0.6 is 0 Å². The van der Waals surface area contributed by atoms with Gasteiger partial charge in [0.1, 0.15) is 29.0 Å². The van der Waals surface area contributed by atoms with E-state index >= 15 is 0 Å². The Morgan fingerprint density at radius 2 is 1.44 bits per heavy atom. The first-order valence-electron chi connectivity index (χ1n) is 7.66. The van der Waals surface area contributed by atoms with Crippen molar-refractivity contribution in [2.75, 3.05) is 10.6 Å². The molecular weight excluding hydrogens is 364 g/mol. The van der Waals surface area contributed by atoms with Crippen LogP contribution in [0.4, 0.5) is 34.9 Å². The van der Waals surface area contributed by atoms with Crippen molar-refractivity contribution >= 4 is 23.2 Å². The first kappa shape index (κ1) is 18.3. The molecule has 27 heavy (non-hydrogen) atoms. The fourth-order valence-corrected chi connectivity index (χ4v) is 2.23. The minimum atomic E-state index is -0.944. The molecule has 138 valence electrons. The molecule has 0 radical (unpaired) electrons. The van der Waals surface area contributed by atoms with E-state index in [0.717, 1.165) is 24.3 Å². The molecule has 9 heteroatoms. The number of carbonyl (C=O) groups excluding carboxylic acids is 1. The lowest BCUT2D eigenvalue weighted by molar-refractivity contribution is 0.102.